The zero-order valence-corrected chi connectivity index (χ0v) is 23.0. The van der Waals surface area contributed by atoms with Crippen LogP contribution < -0.4 is 0 Å². The number of halogens is 3. The molecule has 2 fully saturated rings. The largest absolute Gasteiger partial charge is 0.389 e. The third-order valence-corrected chi connectivity index (χ3v) is 8.04. The minimum absolute atomic E-state index is 0.00626. The van der Waals surface area contributed by atoms with Crippen molar-refractivity contribution in [1.29, 1.82) is 0 Å². The molecule has 3 aromatic heterocycles. The molecule has 1 amide bonds. The maximum atomic E-state index is 12.7. The molecule has 2 saturated heterocycles. The van der Waals surface area contributed by atoms with Crippen LogP contribution in [-0.4, -0.2) is 73.4 Å². The second-order valence-corrected chi connectivity index (χ2v) is 11.0. The first-order valence-corrected chi connectivity index (χ1v) is 14.2. The van der Waals surface area contributed by atoms with Crippen molar-refractivity contribution in [2.45, 2.75) is 50.7 Å². The molecule has 0 saturated carbocycles. The van der Waals surface area contributed by atoms with Crippen LogP contribution in [0.1, 0.15) is 43.7 Å². The molecule has 2 aliphatic heterocycles. The van der Waals surface area contributed by atoms with Gasteiger partial charge in [0.15, 0.2) is 5.65 Å². The summed E-state index contributed by atoms with van der Waals surface area (Å²) in [4.78, 5) is 31.3. The van der Waals surface area contributed by atoms with E-state index in [1.807, 2.05) is 34.1 Å². The number of benzene rings is 1. The van der Waals surface area contributed by atoms with Crippen LogP contribution in [0, 0.1) is 5.92 Å². The molecule has 0 bridgehead atoms. The van der Waals surface area contributed by atoms with E-state index in [4.69, 9.17) is 4.74 Å². The van der Waals surface area contributed by atoms with Crippen LogP contribution in [0.15, 0.2) is 55.1 Å². The standard InChI is InChI=1S/C30H31F3N6O3/c31-30(32,33)8-4-26(40)13-20-2-1-3-21(12-20)27-17-34-28-14-23(15-36-39(27)28)24-16-35-38(18-24)25-5-9-37(10-6-25)29(41)22-7-11-42-19-22/h1-3,12,14-18,22,25H,4-11,13,19H2. The van der Waals surface area contributed by atoms with Gasteiger partial charge in [0.1, 0.15) is 5.78 Å². The number of carbonyl (C=O) groups excluding carboxylic acids is 2. The normalized spacial score (nSPS) is 18.2. The molecule has 0 spiro atoms. The summed E-state index contributed by atoms with van der Waals surface area (Å²) >= 11 is 0. The number of nitrogens with zero attached hydrogens (tertiary/aromatic N) is 6. The fourth-order valence-corrected chi connectivity index (χ4v) is 5.69. The summed E-state index contributed by atoms with van der Waals surface area (Å²) in [7, 11) is 0. The zero-order valence-electron chi connectivity index (χ0n) is 23.0. The number of alkyl halides is 3. The van der Waals surface area contributed by atoms with E-state index < -0.39 is 24.8 Å². The van der Waals surface area contributed by atoms with Gasteiger partial charge in [-0.3, -0.25) is 14.3 Å². The molecule has 9 nitrogen and oxygen atoms in total. The maximum Gasteiger partial charge on any atom is 0.389 e. The van der Waals surface area contributed by atoms with Gasteiger partial charge in [0.05, 0.1) is 49.3 Å². The highest BCUT2D eigenvalue weighted by molar-refractivity contribution is 5.81. The molecule has 5 heterocycles. The molecule has 0 aliphatic carbocycles. The van der Waals surface area contributed by atoms with Crippen LogP contribution >= 0.6 is 0 Å². The van der Waals surface area contributed by atoms with E-state index in [-0.39, 0.29) is 24.3 Å². The number of rotatable bonds is 8. The number of hydrogen-bond donors (Lipinski definition) is 0. The summed E-state index contributed by atoms with van der Waals surface area (Å²) in [6, 6.07) is 9.28. The smallest absolute Gasteiger partial charge is 0.381 e. The third kappa shape index (κ3) is 6.23. The molecule has 2 aliphatic rings. The first kappa shape index (κ1) is 28.1. The van der Waals surface area contributed by atoms with E-state index in [2.05, 4.69) is 15.2 Å². The number of Topliss-reactive ketones (excluding diaryl/α,β-unsaturated/α-hetero) is 1. The Hall–Kier alpha value is -4.06. The topological polar surface area (TPSA) is 94.6 Å². The van der Waals surface area contributed by atoms with Gasteiger partial charge in [-0.2, -0.15) is 23.4 Å². The Morgan fingerprint density at radius 2 is 1.79 bits per heavy atom. The quantitative estimate of drug-likeness (QED) is 0.294. The van der Waals surface area contributed by atoms with Gasteiger partial charge in [-0.1, -0.05) is 18.2 Å². The molecule has 42 heavy (non-hydrogen) atoms. The molecule has 0 radical (unpaired) electrons. The lowest BCUT2D eigenvalue weighted by Gasteiger charge is -2.33. The summed E-state index contributed by atoms with van der Waals surface area (Å²) in [5, 5.41) is 9.21. The predicted octanol–water partition coefficient (Wildman–Crippen LogP) is 4.91. The van der Waals surface area contributed by atoms with Crippen molar-refractivity contribution in [3.63, 3.8) is 0 Å². The number of likely N-dealkylation sites (tertiary alicyclic amines) is 1. The first-order chi connectivity index (χ1) is 20.2. The molecular formula is C30H31F3N6O3. The van der Waals surface area contributed by atoms with Crippen molar-refractivity contribution in [1.82, 2.24) is 29.3 Å². The van der Waals surface area contributed by atoms with Gasteiger partial charge >= 0.3 is 6.18 Å². The average Bonchev–Trinajstić information content (AvgIpc) is 3.76. The summed E-state index contributed by atoms with van der Waals surface area (Å²) < 4.78 is 46.4. The van der Waals surface area contributed by atoms with Crippen LogP contribution in [0.3, 0.4) is 0 Å². The number of piperidine rings is 1. The Morgan fingerprint density at radius 3 is 2.55 bits per heavy atom. The Labute approximate surface area is 240 Å². The van der Waals surface area contributed by atoms with Gasteiger partial charge in [0.2, 0.25) is 5.91 Å². The number of carbonyl (C=O) groups is 2. The Morgan fingerprint density at radius 1 is 0.976 bits per heavy atom. The Bertz CT molecular complexity index is 1580. The van der Waals surface area contributed by atoms with Crippen LogP contribution in [-0.2, 0) is 20.7 Å². The van der Waals surface area contributed by atoms with E-state index in [1.165, 1.54) is 0 Å². The molecule has 220 valence electrons. The summed E-state index contributed by atoms with van der Waals surface area (Å²) in [6.45, 7) is 2.61. The molecule has 1 atom stereocenters. The lowest BCUT2D eigenvalue weighted by Crippen LogP contribution is -2.42. The van der Waals surface area contributed by atoms with Crippen molar-refractivity contribution < 1.29 is 27.5 Å². The van der Waals surface area contributed by atoms with Gasteiger partial charge in [-0.15, -0.1) is 0 Å². The van der Waals surface area contributed by atoms with Gasteiger partial charge in [-0.25, -0.2) is 9.50 Å². The number of aromatic nitrogens is 5. The number of amides is 1. The number of fused-ring (bicyclic) bond motifs is 1. The molecule has 6 rings (SSSR count). The highest BCUT2D eigenvalue weighted by Crippen LogP contribution is 2.29. The molecule has 12 heteroatoms. The van der Waals surface area contributed by atoms with Crippen molar-refractivity contribution in [2.75, 3.05) is 26.3 Å². The van der Waals surface area contributed by atoms with Crippen molar-refractivity contribution in [3.05, 3.63) is 60.7 Å². The fraction of sp³-hybridized carbons (Fsp3) is 0.433. The van der Waals surface area contributed by atoms with Crippen LogP contribution in [0.4, 0.5) is 13.2 Å². The first-order valence-electron chi connectivity index (χ1n) is 14.2. The lowest BCUT2D eigenvalue weighted by molar-refractivity contribution is -0.143. The molecular weight excluding hydrogens is 549 g/mol. The Kier molecular flexibility index (Phi) is 7.80. The summed E-state index contributed by atoms with van der Waals surface area (Å²) in [6.07, 6.45) is 3.69. The second-order valence-electron chi connectivity index (χ2n) is 11.0. The molecule has 4 aromatic rings. The van der Waals surface area contributed by atoms with Crippen molar-refractivity contribution in [2.24, 2.45) is 5.92 Å². The third-order valence-electron chi connectivity index (χ3n) is 8.04. The number of ketones is 1. The Balaban J connectivity index is 1.12. The van der Waals surface area contributed by atoms with E-state index in [0.717, 1.165) is 36.0 Å². The molecule has 1 unspecified atom stereocenters. The second kappa shape index (κ2) is 11.7. The van der Waals surface area contributed by atoms with Crippen LogP contribution in [0.2, 0.25) is 0 Å². The van der Waals surface area contributed by atoms with E-state index in [0.29, 0.717) is 43.2 Å². The molecule has 0 N–H and O–H groups in total. The van der Waals surface area contributed by atoms with Gasteiger partial charge in [-0.05, 0) is 37.0 Å². The fourth-order valence-electron chi connectivity index (χ4n) is 5.69. The predicted molar refractivity (Wildman–Crippen MR) is 147 cm³/mol. The SMILES string of the molecule is O=C(CCC(F)(F)F)Cc1cccc(-c2cnc3cc(-c4cnn(C5CCN(C(=O)C6CCOC6)CC5)c4)cnn23)c1. The van der Waals surface area contributed by atoms with E-state index >= 15 is 0 Å². The van der Waals surface area contributed by atoms with Crippen LogP contribution in [0.25, 0.3) is 28.0 Å². The molecule has 1 aromatic carbocycles. The minimum atomic E-state index is -4.35. The van der Waals surface area contributed by atoms with Gasteiger partial charge in [0, 0.05) is 55.4 Å². The number of hydrogen-bond acceptors (Lipinski definition) is 6. The van der Waals surface area contributed by atoms with Gasteiger partial charge in [0.25, 0.3) is 0 Å². The zero-order chi connectivity index (χ0) is 29.3. The minimum Gasteiger partial charge on any atom is -0.381 e. The monoisotopic (exact) mass is 580 g/mol. The summed E-state index contributed by atoms with van der Waals surface area (Å²) in [5.41, 5.74) is 4.52. The summed E-state index contributed by atoms with van der Waals surface area (Å²) in [5.74, 6) is -0.260. The van der Waals surface area contributed by atoms with Gasteiger partial charge < -0.3 is 9.64 Å². The number of ether oxygens (including phenoxy) is 1. The highest BCUT2D eigenvalue weighted by Gasteiger charge is 2.31. The lowest BCUT2D eigenvalue weighted by atomic mass is 10.0. The van der Waals surface area contributed by atoms with E-state index in [9.17, 15) is 22.8 Å². The number of imidazole rings is 1. The van der Waals surface area contributed by atoms with E-state index in [1.54, 1.807) is 35.1 Å². The van der Waals surface area contributed by atoms with Crippen LogP contribution in [0.5, 0.6) is 0 Å². The van der Waals surface area contributed by atoms with Crippen molar-refractivity contribution in [3.8, 4) is 22.4 Å². The highest BCUT2D eigenvalue weighted by atomic mass is 19.4. The maximum absolute atomic E-state index is 12.7. The average molecular weight is 581 g/mol. The van der Waals surface area contributed by atoms with Crippen molar-refractivity contribution >= 4 is 17.3 Å².